The zero-order valence-corrected chi connectivity index (χ0v) is 17.2. The van der Waals surface area contributed by atoms with Gasteiger partial charge in [-0.05, 0) is 48.9 Å². The van der Waals surface area contributed by atoms with Gasteiger partial charge in [0.1, 0.15) is 0 Å². The van der Waals surface area contributed by atoms with Gasteiger partial charge in [-0.15, -0.1) is 0 Å². The SMILES string of the molecule is O=S(=O)(c1ccccc1)N1CCC2(CC1)CC2c1nc(-c2cccc(Cl)c2)no1. The summed E-state index contributed by atoms with van der Waals surface area (Å²) in [5, 5.41) is 4.74. The van der Waals surface area contributed by atoms with Gasteiger partial charge in [-0.3, -0.25) is 0 Å². The fraction of sp³-hybridized carbons (Fsp3) is 0.333. The fourth-order valence-corrected chi connectivity index (χ4v) is 5.94. The topological polar surface area (TPSA) is 76.3 Å². The number of hydrogen-bond acceptors (Lipinski definition) is 5. The third kappa shape index (κ3) is 3.37. The number of rotatable bonds is 4. The second-order valence-electron chi connectivity index (χ2n) is 7.80. The van der Waals surface area contributed by atoms with Crippen LogP contribution in [-0.2, 0) is 10.0 Å². The van der Waals surface area contributed by atoms with E-state index in [-0.39, 0.29) is 11.3 Å². The van der Waals surface area contributed by atoms with E-state index in [4.69, 9.17) is 16.1 Å². The molecule has 1 aliphatic carbocycles. The molecule has 0 amide bonds. The van der Waals surface area contributed by atoms with Crippen molar-refractivity contribution in [3.8, 4) is 11.4 Å². The Kier molecular flexibility index (Phi) is 4.49. The summed E-state index contributed by atoms with van der Waals surface area (Å²) in [5.74, 6) is 1.37. The summed E-state index contributed by atoms with van der Waals surface area (Å²) in [6, 6.07) is 16.0. The van der Waals surface area contributed by atoms with Crippen LogP contribution in [0, 0.1) is 5.41 Å². The minimum absolute atomic E-state index is 0.0703. The summed E-state index contributed by atoms with van der Waals surface area (Å²) in [5.41, 5.74) is 0.895. The highest BCUT2D eigenvalue weighted by Gasteiger charge is 2.59. The van der Waals surface area contributed by atoms with Crippen LogP contribution in [0.4, 0.5) is 0 Å². The van der Waals surface area contributed by atoms with Crippen molar-refractivity contribution in [3.63, 3.8) is 0 Å². The van der Waals surface area contributed by atoms with E-state index in [0.717, 1.165) is 24.8 Å². The molecule has 1 aromatic heterocycles. The molecule has 150 valence electrons. The van der Waals surface area contributed by atoms with Crippen molar-refractivity contribution in [2.45, 2.75) is 30.1 Å². The maximum Gasteiger partial charge on any atom is 0.243 e. The van der Waals surface area contributed by atoms with Crippen LogP contribution < -0.4 is 0 Å². The Hall–Kier alpha value is -2.22. The zero-order chi connectivity index (χ0) is 20.1. The maximum atomic E-state index is 12.8. The molecule has 0 radical (unpaired) electrons. The Balaban J connectivity index is 1.28. The third-order valence-electron chi connectivity index (χ3n) is 6.11. The van der Waals surface area contributed by atoms with E-state index in [9.17, 15) is 8.42 Å². The van der Waals surface area contributed by atoms with E-state index in [1.165, 1.54) is 0 Å². The molecule has 1 atom stereocenters. The molecule has 1 aliphatic heterocycles. The van der Waals surface area contributed by atoms with Gasteiger partial charge >= 0.3 is 0 Å². The first-order valence-corrected chi connectivity index (χ1v) is 11.4. The van der Waals surface area contributed by atoms with Gasteiger partial charge in [-0.25, -0.2) is 8.42 Å². The number of hydrogen-bond donors (Lipinski definition) is 0. The highest BCUT2D eigenvalue weighted by Crippen LogP contribution is 2.64. The lowest BCUT2D eigenvalue weighted by atomic mass is 9.92. The van der Waals surface area contributed by atoms with E-state index in [1.54, 1.807) is 34.6 Å². The quantitative estimate of drug-likeness (QED) is 0.616. The van der Waals surface area contributed by atoms with Crippen molar-refractivity contribution in [2.75, 3.05) is 13.1 Å². The van der Waals surface area contributed by atoms with Crippen molar-refractivity contribution >= 4 is 21.6 Å². The predicted molar refractivity (Wildman–Crippen MR) is 109 cm³/mol. The predicted octanol–water partition coefficient (Wildman–Crippen LogP) is 4.35. The molecule has 29 heavy (non-hydrogen) atoms. The largest absolute Gasteiger partial charge is 0.339 e. The molecule has 2 heterocycles. The molecule has 3 aromatic rings. The molecule has 6 nitrogen and oxygen atoms in total. The smallest absolute Gasteiger partial charge is 0.243 e. The Labute approximate surface area is 174 Å². The Morgan fingerprint density at radius 3 is 2.55 bits per heavy atom. The number of halogens is 1. The van der Waals surface area contributed by atoms with Gasteiger partial charge in [-0.1, -0.05) is 47.1 Å². The van der Waals surface area contributed by atoms with Crippen molar-refractivity contribution in [3.05, 3.63) is 65.5 Å². The lowest BCUT2D eigenvalue weighted by Crippen LogP contribution is -2.39. The van der Waals surface area contributed by atoms with E-state index in [2.05, 4.69) is 10.1 Å². The number of aromatic nitrogens is 2. The Morgan fingerprint density at radius 2 is 1.83 bits per heavy atom. The van der Waals surface area contributed by atoms with Crippen LogP contribution in [0.3, 0.4) is 0 Å². The highest BCUT2D eigenvalue weighted by atomic mass is 35.5. The molecular weight excluding hydrogens is 410 g/mol. The third-order valence-corrected chi connectivity index (χ3v) is 8.26. The summed E-state index contributed by atoms with van der Waals surface area (Å²) >= 11 is 6.05. The molecule has 2 fully saturated rings. The maximum absolute atomic E-state index is 12.8. The highest BCUT2D eigenvalue weighted by molar-refractivity contribution is 7.89. The molecule has 1 unspecified atom stereocenters. The van der Waals surface area contributed by atoms with Crippen molar-refractivity contribution in [1.29, 1.82) is 0 Å². The first-order chi connectivity index (χ1) is 14.0. The van der Waals surface area contributed by atoms with E-state index in [0.29, 0.717) is 34.7 Å². The first kappa shape index (κ1) is 18.8. The van der Waals surface area contributed by atoms with Crippen molar-refractivity contribution < 1.29 is 12.9 Å². The van der Waals surface area contributed by atoms with Crippen LogP contribution in [0.5, 0.6) is 0 Å². The van der Waals surface area contributed by atoms with Gasteiger partial charge in [0.15, 0.2) is 0 Å². The number of piperidine rings is 1. The number of sulfonamides is 1. The van der Waals surface area contributed by atoms with Gasteiger partial charge in [0, 0.05) is 29.6 Å². The second-order valence-corrected chi connectivity index (χ2v) is 10.2. The van der Waals surface area contributed by atoms with Gasteiger partial charge in [-0.2, -0.15) is 9.29 Å². The lowest BCUT2D eigenvalue weighted by Gasteiger charge is -2.31. The molecule has 1 saturated heterocycles. The zero-order valence-electron chi connectivity index (χ0n) is 15.7. The molecule has 0 bridgehead atoms. The minimum Gasteiger partial charge on any atom is -0.339 e. The minimum atomic E-state index is -3.43. The van der Waals surface area contributed by atoms with Gasteiger partial charge in [0.2, 0.25) is 21.7 Å². The second kappa shape index (κ2) is 6.93. The molecule has 2 aliphatic rings. The van der Waals surface area contributed by atoms with Crippen LogP contribution in [0.15, 0.2) is 64.0 Å². The molecule has 8 heteroatoms. The summed E-state index contributed by atoms with van der Waals surface area (Å²) in [6.45, 7) is 1.03. The monoisotopic (exact) mass is 429 g/mol. The molecule has 1 saturated carbocycles. The van der Waals surface area contributed by atoms with Gasteiger partial charge in [0.05, 0.1) is 4.90 Å². The molecule has 5 rings (SSSR count). The molecule has 0 N–H and O–H groups in total. The summed E-state index contributed by atoms with van der Waals surface area (Å²) in [7, 11) is -3.43. The number of nitrogens with zero attached hydrogens (tertiary/aromatic N) is 3. The fourth-order valence-electron chi connectivity index (χ4n) is 4.28. The first-order valence-electron chi connectivity index (χ1n) is 9.63. The van der Waals surface area contributed by atoms with Crippen LogP contribution in [0.25, 0.3) is 11.4 Å². The average Bonchev–Trinajstić information content (AvgIpc) is 3.20. The molecular formula is C21H20ClN3O3S. The van der Waals surface area contributed by atoms with Gasteiger partial charge in [0.25, 0.3) is 0 Å². The van der Waals surface area contributed by atoms with Crippen LogP contribution in [0.1, 0.15) is 31.1 Å². The molecule has 2 aromatic carbocycles. The molecule has 1 spiro atoms. The van der Waals surface area contributed by atoms with Crippen molar-refractivity contribution in [2.24, 2.45) is 5.41 Å². The van der Waals surface area contributed by atoms with Crippen molar-refractivity contribution in [1.82, 2.24) is 14.4 Å². The van der Waals surface area contributed by atoms with Gasteiger partial charge < -0.3 is 4.52 Å². The Morgan fingerprint density at radius 1 is 1.07 bits per heavy atom. The summed E-state index contributed by atoms with van der Waals surface area (Å²) in [4.78, 5) is 4.93. The Bertz CT molecular complexity index is 1140. The van der Waals surface area contributed by atoms with Crippen LogP contribution in [0.2, 0.25) is 5.02 Å². The standard InChI is InChI=1S/C21H20ClN3O3S/c22-16-6-4-5-15(13-16)19-23-20(28-24-19)18-14-21(18)9-11-25(12-10-21)29(26,27)17-7-2-1-3-8-17/h1-8,13,18H,9-12,14H2. The lowest BCUT2D eigenvalue weighted by molar-refractivity contribution is 0.242. The van der Waals surface area contributed by atoms with Crippen LogP contribution in [-0.4, -0.2) is 36.0 Å². The summed E-state index contributed by atoms with van der Waals surface area (Å²) < 4.78 is 32.8. The van der Waals surface area contributed by atoms with Crippen LogP contribution >= 0.6 is 11.6 Å². The number of benzene rings is 2. The van der Waals surface area contributed by atoms with E-state index in [1.807, 2.05) is 24.3 Å². The van der Waals surface area contributed by atoms with E-state index < -0.39 is 10.0 Å². The van der Waals surface area contributed by atoms with E-state index >= 15 is 0 Å². The normalized spacial score (nSPS) is 21.3. The summed E-state index contributed by atoms with van der Waals surface area (Å²) in [6.07, 6.45) is 2.57. The average molecular weight is 430 g/mol.